The van der Waals surface area contributed by atoms with E-state index >= 15 is 0 Å². The first-order valence-electron chi connectivity index (χ1n) is 6.70. The molecule has 0 amide bonds. The summed E-state index contributed by atoms with van der Waals surface area (Å²) in [6.45, 7) is 3.99. The molecular weight excluding hydrogens is 292 g/mol. The molecule has 1 N–H and O–H groups in total. The van der Waals surface area contributed by atoms with Crippen LogP contribution in [0.5, 0.6) is 0 Å². The van der Waals surface area contributed by atoms with Gasteiger partial charge in [0, 0.05) is 28.9 Å². The first-order valence-corrected chi connectivity index (χ1v) is 7.49. The van der Waals surface area contributed by atoms with Crippen LogP contribution in [0, 0.1) is 5.41 Å². The highest BCUT2D eigenvalue weighted by atomic mass is 79.9. The SMILES string of the molecule is Brc1ccnc(C2COCCC23CCNCC3)c1. The average molecular weight is 311 g/mol. The van der Waals surface area contributed by atoms with Crippen LogP contribution in [-0.4, -0.2) is 31.3 Å². The number of halogens is 1. The maximum Gasteiger partial charge on any atom is 0.0555 e. The Labute approximate surface area is 116 Å². The smallest absolute Gasteiger partial charge is 0.0555 e. The van der Waals surface area contributed by atoms with Crippen LogP contribution < -0.4 is 5.32 Å². The second kappa shape index (κ2) is 5.27. The summed E-state index contributed by atoms with van der Waals surface area (Å²) in [7, 11) is 0. The fraction of sp³-hybridized carbons (Fsp3) is 0.643. The molecule has 2 saturated heterocycles. The summed E-state index contributed by atoms with van der Waals surface area (Å²) >= 11 is 3.55. The molecule has 18 heavy (non-hydrogen) atoms. The molecule has 1 spiro atoms. The van der Waals surface area contributed by atoms with Crippen molar-refractivity contribution in [2.45, 2.75) is 25.2 Å². The van der Waals surface area contributed by atoms with Crippen molar-refractivity contribution in [3.05, 3.63) is 28.5 Å². The van der Waals surface area contributed by atoms with Crippen LogP contribution in [0.25, 0.3) is 0 Å². The molecule has 2 aliphatic heterocycles. The van der Waals surface area contributed by atoms with Gasteiger partial charge >= 0.3 is 0 Å². The largest absolute Gasteiger partial charge is 0.381 e. The number of ether oxygens (including phenoxy) is 1. The Morgan fingerprint density at radius 3 is 2.94 bits per heavy atom. The van der Waals surface area contributed by atoms with Gasteiger partial charge in [-0.05, 0) is 49.9 Å². The van der Waals surface area contributed by atoms with E-state index in [9.17, 15) is 0 Å². The molecule has 0 aromatic carbocycles. The fourth-order valence-corrected chi connectivity index (χ4v) is 3.71. The van der Waals surface area contributed by atoms with E-state index in [-0.39, 0.29) is 0 Å². The molecule has 2 fully saturated rings. The molecule has 2 aliphatic rings. The zero-order chi connectivity index (χ0) is 12.4. The Hall–Kier alpha value is -0.450. The van der Waals surface area contributed by atoms with Crippen molar-refractivity contribution < 1.29 is 4.74 Å². The molecule has 3 rings (SSSR count). The quantitative estimate of drug-likeness (QED) is 0.866. The molecule has 0 radical (unpaired) electrons. The summed E-state index contributed by atoms with van der Waals surface area (Å²) < 4.78 is 6.84. The van der Waals surface area contributed by atoms with Gasteiger partial charge in [-0.15, -0.1) is 0 Å². The molecule has 1 aromatic rings. The Morgan fingerprint density at radius 1 is 1.33 bits per heavy atom. The molecule has 1 unspecified atom stereocenters. The Bertz CT molecular complexity index is 410. The average Bonchev–Trinajstić information content (AvgIpc) is 2.40. The lowest BCUT2D eigenvalue weighted by Crippen LogP contribution is -2.45. The van der Waals surface area contributed by atoms with Gasteiger partial charge < -0.3 is 10.1 Å². The monoisotopic (exact) mass is 310 g/mol. The maximum absolute atomic E-state index is 5.73. The van der Waals surface area contributed by atoms with Crippen molar-refractivity contribution in [3.8, 4) is 0 Å². The van der Waals surface area contributed by atoms with Gasteiger partial charge in [-0.25, -0.2) is 0 Å². The summed E-state index contributed by atoms with van der Waals surface area (Å²) in [4.78, 5) is 4.58. The predicted octanol–water partition coefficient (Wildman–Crippen LogP) is 2.72. The number of piperidine rings is 1. The van der Waals surface area contributed by atoms with Gasteiger partial charge in [0.25, 0.3) is 0 Å². The van der Waals surface area contributed by atoms with Gasteiger partial charge in [-0.2, -0.15) is 0 Å². The van der Waals surface area contributed by atoms with E-state index in [4.69, 9.17) is 4.74 Å². The first-order chi connectivity index (χ1) is 8.80. The van der Waals surface area contributed by atoms with Gasteiger partial charge in [0.05, 0.1) is 6.61 Å². The summed E-state index contributed by atoms with van der Waals surface area (Å²) in [5.74, 6) is 0.450. The molecule has 1 aromatic heterocycles. The minimum absolute atomic E-state index is 0.400. The number of pyridine rings is 1. The molecular formula is C14H19BrN2O. The van der Waals surface area contributed by atoms with E-state index in [0.717, 1.165) is 30.8 Å². The van der Waals surface area contributed by atoms with Crippen molar-refractivity contribution in [2.75, 3.05) is 26.3 Å². The molecule has 1 atom stereocenters. The Kier molecular flexibility index (Phi) is 3.68. The van der Waals surface area contributed by atoms with Crippen LogP contribution >= 0.6 is 15.9 Å². The second-order valence-electron chi connectivity index (χ2n) is 5.39. The summed E-state index contributed by atoms with van der Waals surface area (Å²) in [5.41, 5.74) is 1.59. The van der Waals surface area contributed by atoms with Crippen molar-refractivity contribution >= 4 is 15.9 Å². The summed E-state index contributed by atoms with van der Waals surface area (Å²) in [5, 5.41) is 3.47. The number of hydrogen-bond acceptors (Lipinski definition) is 3. The topological polar surface area (TPSA) is 34.1 Å². The highest BCUT2D eigenvalue weighted by Crippen LogP contribution is 2.48. The van der Waals surface area contributed by atoms with Crippen molar-refractivity contribution in [1.82, 2.24) is 10.3 Å². The minimum Gasteiger partial charge on any atom is -0.381 e. The van der Waals surface area contributed by atoms with E-state index in [1.807, 2.05) is 12.3 Å². The normalized spacial score (nSPS) is 27.3. The summed E-state index contributed by atoms with van der Waals surface area (Å²) in [6.07, 6.45) is 5.56. The van der Waals surface area contributed by atoms with E-state index < -0.39 is 0 Å². The maximum atomic E-state index is 5.73. The lowest BCUT2D eigenvalue weighted by molar-refractivity contribution is -0.0251. The first kappa shape index (κ1) is 12.6. The van der Waals surface area contributed by atoms with Gasteiger partial charge in [-0.1, -0.05) is 15.9 Å². The molecule has 98 valence electrons. The van der Waals surface area contributed by atoms with Crippen LogP contribution in [0.4, 0.5) is 0 Å². The van der Waals surface area contributed by atoms with Crippen molar-refractivity contribution in [1.29, 1.82) is 0 Å². The number of rotatable bonds is 1. The van der Waals surface area contributed by atoms with Crippen LogP contribution in [0.3, 0.4) is 0 Å². The third-order valence-electron chi connectivity index (χ3n) is 4.47. The van der Waals surface area contributed by atoms with Crippen LogP contribution in [-0.2, 0) is 4.74 Å². The molecule has 0 saturated carbocycles. The third kappa shape index (κ3) is 2.33. The number of aromatic nitrogens is 1. The molecule has 0 bridgehead atoms. The van der Waals surface area contributed by atoms with Crippen molar-refractivity contribution in [3.63, 3.8) is 0 Å². The van der Waals surface area contributed by atoms with Gasteiger partial charge in [0.15, 0.2) is 0 Å². The number of nitrogens with zero attached hydrogens (tertiary/aromatic N) is 1. The van der Waals surface area contributed by atoms with Gasteiger partial charge in [0.1, 0.15) is 0 Å². The van der Waals surface area contributed by atoms with Crippen LogP contribution in [0.1, 0.15) is 30.9 Å². The fourth-order valence-electron chi connectivity index (χ4n) is 3.36. The Morgan fingerprint density at radius 2 is 2.17 bits per heavy atom. The van der Waals surface area contributed by atoms with E-state index in [2.05, 4.69) is 32.3 Å². The lowest BCUT2D eigenvalue weighted by Gasteiger charge is -2.46. The zero-order valence-corrected chi connectivity index (χ0v) is 12.1. The molecule has 3 nitrogen and oxygen atoms in total. The van der Waals surface area contributed by atoms with Crippen molar-refractivity contribution in [2.24, 2.45) is 5.41 Å². The second-order valence-corrected chi connectivity index (χ2v) is 6.30. The molecule has 0 aliphatic carbocycles. The predicted molar refractivity (Wildman–Crippen MR) is 74.7 cm³/mol. The van der Waals surface area contributed by atoms with Gasteiger partial charge in [0.2, 0.25) is 0 Å². The summed E-state index contributed by atoms with van der Waals surface area (Å²) in [6, 6.07) is 4.14. The number of nitrogens with one attached hydrogen (secondary N) is 1. The van der Waals surface area contributed by atoms with E-state index in [1.54, 1.807) is 0 Å². The van der Waals surface area contributed by atoms with E-state index in [0.29, 0.717) is 11.3 Å². The van der Waals surface area contributed by atoms with Crippen LogP contribution in [0.2, 0.25) is 0 Å². The van der Waals surface area contributed by atoms with E-state index in [1.165, 1.54) is 25.0 Å². The van der Waals surface area contributed by atoms with Crippen LogP contribution in [0.15, 0.2) is 22.8 Å². The van der Waals surface area contributed by atoms with Gasteiger partial charge in [-0.3, -0.25) is 4.98 Å². The third-order valence-corrected chi connectivity index (χ3v) is 4.96. The standard InChI is InChI=1S/C14H19BrN2O/c15-11-1-5-17-13(9-11)12-10-18-8-4-14(12)2-6-16-7-3-14/h1,5,9,12,16H,2-4,6-8,10H2. The lowest BCUT2D eigenvalue weighted by atomic mass is 9.65. The highest BCUT2D eigenvalue weighted by molar-refractivity contribution is 9.10. The molecule has 4 heteroatoms. The molecule has 3 heterocycles. The minimum atomic E-state index is 0.400. The number of hydrogen-bond donors (Lipinski definition) is 1. The Balaban J connectivity index is 1.91. The highest BCUT2D eigenvalue weighted by Gasteiger charge is 2.43. The zero-order valence-electron chi connectivity index (χ0n) is 10.5.